The van der Waals surface area contributed by atoms with Gasteiger partial charge in [-0.2, -0.15) is 0 Å². The number of carbonyl (C=O) groups is 1. The highest BCUT2D eigenvalue weighted by atomic mass is 16.1. The molecule has 0 aliphatic carbocycles. The lowest BCUT2D eigenvalue weighted by Crippen LogP contribution is -2.36. The van der Waals surface area contributed by atoms with Gasteiger partial charge in [0.1, 0.15) is 6.29 Å². The molecule has 18 heavy (non-hydrogen) atoms. The van der Waals surface area contributed by atoms with Gasteiger partial charge in [0.05, 0.1) is 6.04 Å². The fourth-order valence-corrected chi connectivity index (χ4v) is 3.03. The molecule has 0 N–H and O–H groups in total. The highest BCUT2D eigenvalue weighted by Gasteiger charge is 2.29. The summed E-state index contributed by atoms with van der Waals surface area (Å²) < 4.78 is 0. The van der Waals surface area contributed by atoms with Crippen LogP contribution in [0.4, 0.5) is 0 Å². The molecule has 0 aromatic carbocycles. The zero-order valence-corrected chi connectivity index (χ0v) is 12.4. The summed E-state index contributed by atoms with van der Waals surface area (Å²) in [5.74, 6) is 0. The first-order chi connectivity index (χ1) is 8.79. The van der Waals surface area contributed by atoms with Crippen LogP contribution in [-0.4, -0.2) is 29.8 Å². The Labute approximate surface area is 113 Å². The van der Waals surface area contributed by atoms with Gasteiger partial charge < -0.3 is 4.79 Å². The van der Waals surface area contributed by atoms with Gasteiger partial charge in [0, 0.05) is 6.04 Å². The number of aldehydes is 1. The van der Waals surface area contributed by atoms with E-state index in [-0.39, 0.29) is 6.04 Å². The predicted molar refractivity (Wildman–Crippen MR) is 77.9 cm³/mol. The molecule has 106 valence electrons. The Hall–Kier alpha value is -0.370. The van der Waals surface area contributed by atoms with Gasteiger partial charge in [-0.1, -0.05) is 51.9 Å². The van der Waals surface area contributed by atoms with E-state index in [1.165, 1.54) is 57.8 Å². The van der Waals surface area contributed by atoms with Crippen LogP contribution in [-0.2, 0) is 4.79 Å². The van der Waals surface area contributed by atoms with Gasteiger partial charge in [-0.3, -0.25) is 4.90 Å². The fourth-order valence-electron chi connectivity index (χ4n) is 3.03. The van der Waals surface area contributed by atoms with Crippen LogP contribution in [0, 0.1) is 0 Å². The average Bonchev–Trinajstić information content (AvgIpc) is 2.73. The molecule has 1 fully saturated rings. The lowest BCUT2D eigenvalue weighted by atomic mass is 10.1. The molecule has 2 heteroatoms. The van der Waals surface area contributed by atoms with Crippen molar-refractivity contribution in [3.8, 4) is 0 Å². The number of hydrogen-bond acceptors (Lipinski definition) is 2. The van der Waals surface area contributed by atoms with E-state index < -0.39 is 0 Å². The molecule has 0 spiro atoms. The Morgan fingerprint density at radius 2 is 1.61 bits per heavy atom. The third-order valence-corrected chi connectivity index (χ3v) is 4.30. The maximum Gasteiger partial charge on any atom is 0.137 e. The van der Waals surface area contributed by atoms with E-state index in [0.717, 1.165) is 19.3 Å². The Morgan fingerprint density at radius 3 is 2.22 bits per heavy atom. The number of likely N-dealkylation sites (tertiary alicyclic amines) is 1. The largest absolute Gasteiger partial charge is 0.302 e. The van der Waals surface area contributed by atoms with Crippen LogP contribution in [0.25, 0.3) is 0 Å². The summed E-state index contributed by atoms with van der Waals surface area (Å²) in [7, 11) is 0. The molecule has 0 saturated carbocycles. The quantitative estimate of drug-likeness (QED) is 0.430. The van der Waals surface area contributed by atoms with Gasteiger partial charge in [-0.05, 0) is 32.7 Å². The molecule has 0 amide bonds. The van der Waals surface area contributed by atoms with Gasteiger partial charge in [0.15, 0.2) is 0 Å². The highest BCUT2D eigenvalue weighted by molar-refractivity contribution is 5.58. The van der Waals surface area contributed by atoms with Crippen LogP contribution >= 0.6 is 0 Å². The van der Waals surface area contributed by atoms with E-state index >= 15 is 0 Å². The normalized spacial score (nSPS) is 24.6. The van der Waals surface area contributed by atoms with Crippen molar-refractivity contribution in [3.05, 3.63) is 0 Å². The number of rotatable bonds is 10. The van der Waals surface area contributed by atoms with Crippen LogP contribution in [0.3, 0.4) is 0 Å². The van der Waals surface area contributed by atoms with Gasteiger partial charge in [-0.15, -0.1) is 0 Å². The predicted octanol–water partition coefficient (Wildman–Crippen LogP) is 4.18. The lowest BCUT2D eigenvalue weighted by molar-refractivity contribution is -0.111. The highest BCUT2D eigenvalue weighted by Crippen LogP contribution is 2.23. The van der Waals surface area contributed by atoms with Gasteiger partial charge in [-0.25, -0.2) is 0 Å². The van der Waals surface area contributed by atoms with Crippen molar-refractivity contribution < 1.29 is 4.79 Å². The Kier molecular flexibility index (Phi) is 8.32. The van der Waals surface area contributed by atoms with E-state index in [9.17, 15) is 4.79 Å². The topological polar surface area (TPSA) is 20.3 Å². The SMILES string of the molecule is CCCCCCCCCCN1C(C)CCC1C=O. The zero-order valence-electron chi connectivity index (χ0n) is 12.4. The van der Waals surface area contributed by atoms with Crippen molar-refractivity contribution in [2.45, 2.75) is 90.1 Å². The van der Waals surface area contributed by atoms with E-state index in [4.69, 9.17) is 0 Å². The first-order valence-electron chi connectivity index (χ1n) is 8.00. The van der Waals surface area contributed by atoms with Crippen molar-refractivity contribution >= 4 is 6.29 Å². The Balaban J connectivity index is 1.98. The van der Waals surface area contributed by atoms with Crippen LogP contribution < -0.4 is 0 Å². The second kappa shape index (κ2) is 9.55. The minimum atomic E-state index is 0.213. The van der Waals surface area contributed by atoms with Crippen molar-refractivity contribution in [1.29, 1.82) is 0 Å². The summed E-state index contributed by atoms with van der Waals surface area (Å²) in [5, 5.41) is 0. The number of unbranched alkanes of at least 4 members (excludes halogenated alkanes) is 7. The third kappa shape index (κ3) is 5.51. The van der Waals surface area contributed by atoms with Gasteiger partial charge in [0.25, 0.3) is 0 Å². The second-order valence-corrected chi connectivity index (χ2v) is 5.84. The Bertz CT molecular complexity index is 217. The van der Waals surface area contributed by atoms with Crippen LogP contribution in [0.2, 0.25) is 0 Å². The minimum absolute atomic E-state index is 0.213. The molecule has 1 saturated heterocycles. The van der Waals surface area contributed by atoms with Crippen LogP contribution in [0.1, 0.15) is 78.1 Å². The standard InChI is InChI=1S/C16H31NO/c1-3-4-5-6-7-8-9-10-13-17-15(2)11-12-16(17)14-18/h14-16H,3-13H2,1-2H3. The third-order valence-electron chi connectivity index (χ3n) is 4.30. The first-order valence-corrected chi connectivity index (χ1v) is 8.00. The molecule has 2 unspecified atom stereocenters. The summed E-state index contributed by atoms with van der Waals surface area (Å²) in [6, 6.07) is 0.828. The summed E-state index contributed by atoms with van der Waals surface area (Å²) in [5.41, 5.74) is 0. The van der Waals surface area contributed by atoms with Crippen molar-refractivity contribution in [3.63, 3.8) is 0 Å². The molecular weight excluding hydrogens is 222 g/mol. The van der Waals surface area contributed by atoms with Crippen LogP contribution in [0.5, 0.6) is 0 Å². The maximum absolute atomic E-state index is 11.0. The van der Waals surface area contributed by atoms with Crippen LogP contribution in [0.15, 0.2) is 0 Å². The lowest BCUT2D eigenvalue weighted by Gasteiger charge is -2.24. The molecule has 2 nitrogen and oxygen atoms in total. The molecule has 0 bridgehead atoms. The van der Waals surface area contributed by atoms with Gasteiger partial charge in [0.2, 0.25) is 0 Å². The molecule has 0 aromatic rings. The Morgan fingerprint density at radius 1 is 1.00 bits per heavy atom. The summed E-state index contributed by atoms with van der Waals surface area (Å²) in [6.07, 6.45) is 14.3. The van der Waals surface area contributed by atoms with E-state index in [1.54, 1.807) is 0 Å². The molecule has 0 radical (unpaired) electrons. The molecule has 2 atom stereocenters. The minimum Gasteiger partial charge on any atom is -0.302 e. The van der Waals surface area contributed by atoms with Gasteiger partial charge >= 0.3 is 0 Å². The molecular formula is C16H31NO. The summed E-state index contributed by atoms with van der Waals surface area (Å²) in [6.45, 7) is 5.65. The maximum atomic E-state index is 11.0. The molecule has 1 aliphatic rings. The zero-order chi connectivity index (χ0) is 13.2. The van der Waals surface area contributed by atoms with Crippen molar-refractivity contribution in [1.82, 2.24) is 4.90 Å². The monoisotopic (exact) mass is 253 g/mol. The molecule has 1 rings (SSSR count). The molecule has 1 aliphatic heterocycles. The van der Waals surface area contributed by atoms with E-state index in [1.807, 2.05) is 0 Å². The second-order valence-electron chi connectivity index (χ2n) is 5.84. The van der Waals surface area contributed by atoms with Crippen molar-refractivity contribution in [2.24, 2.45) is 0 Å². The molecule has 1 heterocycles. The van der Waals surface area contributed by atoms with E-state index in [0.29, 0.717) is 6.04 Å². The van der Waals surface area contributed by atoms with Crippen molar-refractivity contribution in [2.75, 3.05) is 6.54 Å². The number of hydrogen-bond donors (Lipinski definition) is 0. The molecule has 0 aromatic heterocycles. The fraction of sp³-hybridized carbons (Fsp3) is 0.938. The number of carbonyl (C=O) groups excluding carboxylic acids is 1. The van der Waals surface area contributed by atoms with E-state index in [2.05, 4.69) is 18.7 Å². The summed E-state index contributed by atoms with van der Waals surface area (Å²) in [4.78, 5) is 13.4. The smallest absolute Gasteiger partial charge is 0.137 e. The average molecular weight is 253 g/mol. The number of nitrogens with zero attached hydrogens (tertiary/aromatic N) is 1. The first kappa shape index (κ1) is 15.7. The summed E-state index contributed by atoms with van der Waals surface area (Å²) >= 11 is 0.